The van der Waals surface area contributed by atoms with Gasteiger partial charge in [0.05, 0.1) is 0 Å². The summed E-state index contributed by atoms with van der Waals surface area (Å²) in [4.78, 5) is 0. The summed E-state index contributed by atoms with van der Waals surface area (Å²) < 4.78 is 36.1. The lowest BCUT2D eigenvalue weighted by molar-refractivity contribution is -0.325. The molecule has 1 atom stereocenters. The summed E-state index contributed by atoms with van der Waals surface area (Å²) in [5.41, 5.74) is -1.95. The van der Waals surface area contributed by atoms with Crippen molar-refractivity contribution in [1.29, 1.82) is 5.26 Å². The van der Waals surface area contributed by atoms with Gasteiger partial charge in [-0.3, -0.25) is 4.74 Å². The van der Waals surface area contributed by atoms with Crippen LogP contribution in [0.3, 0.4) is 0 Å². The number of hydrogen-bond donors (Lipinski definition) is 0. The van der Waals surface area contributed by atoms with Gasteiger partial charge in [0.2, 0.25) is 5.56 Å². The largest absolute Gasteiger partial charge is 0.524 e. The Bertz CT molecular complexity index is 128. The molecule has 0 N–H and O–H groups in total. The fourth-order valence-electron chi connectivity index (χ4n) is 0.144. The maximum Gasteiger partial charge on any atom is 0.524 e. The molecule has 6 heteroatoms. The Morgan fingerprint density at radius 2 is 2.00 bits per heavy atom. The zero-order chi connectivity index (χ0) is 7.49. The van der Waals surface area contributed by atoms with Crippen LogP contribution < -0.4 is 0 Å². The lowest BCUT2D eigenvalue weighted by Gasteiger charge is -2.05. The van der Waals surface area contributed by atoms with E-state index in [-0.39, 0.29) is 0 Å². The molecule has 0 rings (SSSR count). The normalized spacial score (nSPS) is 14.6. The van der Waals surface area contributed by atoms with E-state index in [0.717, 1.165) is 6.07 Å². The van der Waals surface area contributed by atoms with Gasteiger partial charge in [-0.2, -0.15) is 5.26 Å². The fraction of sp³-hybridized carbons (Fsp3) is 0.667. The van der Waals surface area contributed by atoms with Crippen LogP contribution >= 0.6 is 11.6 Å². The summed E-state index contributed by atoms with van der Waals surface area (Å²) in [5.74, 6) is 0. The van der Waals surface area contributed by atoms with Crippen molar-refractivity contribution >= 4 is 11.6 Å². The first-order valence-corrected chi connectivity index (χ1v) is 2.17. The van der Waals surface area contributed by atoms with Crippen LogP contribution in [0.15, 0.2) is 0 Å². The van der Waals surface area contributed by atoms with Crippen molar-refractivity contribution in [2.45, 2.75) is 11.9 Å². The van der Waals surface area contributed by atoms with Gasteiger partial charge < -0.3 is 0 Å². The average molecular weight is 159 g/mol. The Balaban J connectivity index is 3.63. The van der Waals surface area contributed by atoms with E-state index in [1.54, 1.807) is 0 Å². The van der Waals surface area contributed by atoms with Crippen molar-refractivity contribution in [3.63, 3.8) is 0 Å². The second-order valence-electron chi connectivity index (χ2n) is 1.01. The minimum atomic E-state index is -4.83. The number of nitrogens with zero attached hydrogens (tertiary/aromatic N) is 1. The number of alkyl halides is 4. The van der Waals surface area contributed by atoms with Gasteiger partial charge in [0.1, 0.15) is 6.07 Å². The van der Waals surface area contributed by atoms with E-state index in [4.69, 9.17) is 5.26 Å². The molecule has 0 aromatic rings. The molecule has 0 spiro atoms. The topological polar surface area (TPSA) is 33.0 Å². The molecule has 0 bridgehead atoms. The van der Waals surface area contributed by atoms with Crippen molar-refractivity contribution in [3.05, 3.63) is 0 Å². The number of ether oxygens (including phenoxy) is 1. The third-order valence-electron chi connectivity index (χ3n) is 0.339. The van der Waals surface area contributed by atoms with Crippen LogP contribution in [0.25, 0.3) is 0 Å². The highest BCUT2D eigenvalue weighted by Gasteiger charge is 2.32. The van der Waals surface area contributed by atoms with Crippen molar-refractivity contribution < 1.29 is 17.9 Å². The first kappa shape index (κ1) is 8.53. The molecule has 0 aromatic carbocycles. The molecule has 2 nitrogen and oxygen atoms in total. The lowest BCUT2D eigenvalue weighted by atomic mass is 10.8. The summed E-state index contributed by atoms with van der Waals surface area (Å²) in [6.45, 7) is 0. The molecule has 0 heterocycles. The van der Waals surface area contributed by atoms with Crippen LogP contribution in [0.2, 0.25) is 0 Å². The predicted octanol–water partition coefficient (Wildman–Crippen LogP) is 1.61. The molecule has 52 valence electrons. The quantitative estimate of drug-likeness (QED) is 0.545. The smallest absolute Gasteiger partial charge is 0.258 e. The van der Waals surface area contributed by atoms with Crippen LogP contribution in [0.4, 0.5) is 13.2 Å². The van der Waals surface area contributed by atoms with E-state index >= 15 is 0 Å². The summed E-state index contributed by atoms with van der Waals surface area (Å²) in [7, 11) is 0. The maximum atomic E-state index is 11.0. The number of halogens is 4. The van der Waals surface area contributed by atoms with E-state index in [1.165, 1.54) is 0 Å². The SMILES string of the molecule is N#CC(Cl)OC(F)(F)F. The number of rotatable bonds is 1. The van der Waals surface area contributed by atoms with E-state index in [2.05, 4.69) is 16.3 Å². The van der Waals surface area contributed by atoms with Crippen LogP contribution in [-0.4, -0.2) is 11.9 Å². The first-order valence-electron chi connectivity index (χ1n) is 1.74. The molecule has 0 radical (unpaired) electrons. The Kier molecular flexibility index (Phi) is 2.74. The highest BCUT2D eigenvalue weighted by Crippen LogP contribution is 2.19. The lowest BCUT2D eigenvalue weighted by Crippen LogP contribution is -2.18. The molecule has 0 aliphatic carbocycles. The van der Waals surface area contributed by atoms with Crippen LogP contribution in [0.1, 0.15) is 0 Å². The van der Waals surface area contributed by atoms with Gasteiger partial charge in [0, 0.05) is 0 Å². The maximum absolute atomic E-state index is 11.0. The van der Waals surface area contributed by atoms with Crippen molar-refractivity contribution in [3.8, 4) is 6.07 Å². The third-order valence-corrected chi connectivity index (χ3v) is 0.525. The van der Waals surface area contributed by atoms with Gasteiger partial charge in [-0.05, 0) is 0 Å². The molecule has 0 aromatic heterocycles. The first-order chi connectivity index (χ1) is 3.95. The van der Waals surface area contributed by atoms with E-state index in [0.29, 0.717) is 0 Å². The Morgan fingerprint density at radius 1 is 1.56 bits per heavy atom. The van der Waals surface area contributed by atoms with E-state index < -0.39 is 11.9 Å². The second-order valence-corrected chi connectivity index (χ2v) is 1.41. The molecule has 0 fully saturated rings. The van der Waals surface area contributed by atoms with Gasteiger partial charge >= 0.3 is 6.36 Å². The van der Waals surface area contributed by atoms with Gasteiger partial charge in [-0.25, -0.2) is 0 Å². The molecular weight excluding hydrogens is 158 g/mol. The third kappa shape index (κ3) is 5.40. The summed E-state index contributed by atoms with van der Waals surface area (Å²) in [5, 5.41) is 7.69. The monoisotopic (exact) mass is 159 g/mol. The highest BCUT2D eigenvalue weighted by molar-refractivity contribution is 6.21. The average Bonchev–Trinajstić information content (AvgIpc) is 1.62. The van der Waals surface area contributed by atoms with Gasteiger partial charge in [0.25, 0.3) is 0 Å². The molecule has 0 saturated heterocycles. The van der Waals surface area contributed by atoms with Gasteiger partial charge in [-0.15, -0.1) is 13.2 Å². The summed E-state index contributed by atoms with van der Waals surface area (Å²) in [6, 6.07) is 1.04. The van der Waals surface area contributed by atoms with Crippen LogP contribution in [0.5, 0.6) is 0 Å². The zero-order valence-corrected chi connectivity index (χ0v) is 4.70. The minimum absolute atomic E-state index is 1.04. The molecular formula is C3HClF3NO. The molecule has 0 saturated carbocycles. The number of hydrogen-bond acceptors (Lipinski definition) is 2. The standard InChI is InChI=1S/C3HClF3NO/c4-2(1-8)9-3(5,6)7/h2H. The molecule has 1 unspecified atom stereocenters. The van der Waals surface area contributed by atoms with Gasteiger partial charge in [0.15, 0.2) is 0 Å². The van der Waals surface area contributed by atoms with E-state index in [9.17, 15) is 13.2 Å². The molecule has 0 aliphatic heterocycles. The zero-order valence-electron chi connectivity index (χ0n) is 3.94. The molecule has 9 heavy (non-hydrogen) atoms. The van der Waals surface area contributed by atoms with Crippen LogP contribution in [-0.2, 0) is 4.74 Å². The molecule has 0 aliphatic rings. The van der Waals surface area contributed by atoms with Gasteiger partial charge in [-0.1, -0.05) is 11.6 Å². The minimum Gasteiger partial charge on any atom is -0.258 e. The van der Waals surface area contributed by atoms with Crippen LogP contribution in [0, 0.1) is 11.3 Å². The molecule has 0 amide bonds. The van der Waals surface area contributed by atoms with E-state index in [1.807, 2.05) is 0 Å². The summed E-state index contributed by atoms with van der Waals surface area (Å²) >= 11 is 4.65. The Morgan fingerprint density at radius 3 is 2.11 bits per heavy atom. The Labute approximate surface area is 53.8 Å². The predicted molar refractivity (Wildman–Crippen MR) is 22.4 cm³/mol. The van der Waals surface area contributed by atoms with Crippen molar-refractivity contribution in [2.24, 2.45) is 0 Å². The fourth-order valence-corrected chi connectivity index (χ4v) is 0.245. The highest BCUT2D eigenvalue weighted by atomic mass is 35.5. The van der Waals surface area contributed by atoms with Crippen molar-refractivity contribution in [2.75, 3.05) is 0 Å². The second kappa shape index (κ2) is 2.90. The summed E-state index contributed by atoms with van der Waals surface area (Å²) in [6.07, 6.45) is -4.83. The Hall–Kier alpha value is -0.470. The number of nitriles is 1. The van der Waals surface area contributed by atoms with Crippen molar-refractivity contribution in [1.82, 2.24) is 0 Å².